The zero-order chi connectivity index (χ0) is 15.2. The van der Waals surface area contributed by atoms with Crippen molar-refractivity contribution in [2.45, 2.75) is 64.5 Å². The van der Waals surface area contributed by atoms with Crippen molar-refractivity contribution >= 4 is 0 Å². The van der Waals surface area contributed by atoms with Crippen LogP contribution < -0.4 is 5.32 Å². The fraction of sp³-hybridized carbons (Fsp3) is 0.579. The van der Waals surface area contributed by atoms with E-state index in [2.05, 4.69) is 36.5 Å². The minimum absolute atomic E-state index is 0.140. The highest BCUT2D eigenvalue weighted by Gasteiger charge is 2.01. The van der Waals surface area contributed by atoms with Crippen LogP contribution in [0.5, 0.6) is 0 Å². The van der Waals surface area contributed by atoms with Gasteiger partial charge in [0.1, 0.15) is 0 Å². The molecule has 118 valence electrons. The molecule has 2 nitrogen and oxygen atoms in total. The molecule has 1 aliphatic carbocycles. The Morgan fingerprint density at radius 3 is 2.24 bits per heavy atom. The third kappa shape index (κ3) is 10.3. The lowest BCUT2D eigenvalue weighted by Gasteiger charge is -2.09. The normalized spacial score (nSPS) is 15.1. The maximum absolute atomic E-state index is 9.51. The number of benzene rings is 1. The molecule has 1 aromatic carbocycles. The molecular weight excluding hydrogens is 258 g/mol. The van der Waals surface area contributed by atoms with Crippen molar-refractivity contribution in [2.75, 3.05) is 6.54 Å². The van der Waals surface area contributed by atoms with Gasteiger partial charge in [0, 0.05) is 6.54 Å². The Balaban J connectivity index is 0.000000304. The van der Waals surface area contributed by atoms with Crippen molar-refractivity contribution in [1.29, 1.82) is 0 Å². The van der Waals surface area contributed by atoms with Gasteiger partial charge in [-0.3, -0.25) is 0 Å². The molecule has 21 heavy (non-hydrogen) atoms. The number of nitrogens with one attached hydrogen (secondary N) is 1. The van der Waals surface area contributed by atoms with Crippen molar-refractivity contribution in [3.05, 3.63) is 48.0 Å². The lowest BCUT2D eigenvalue weighted by Crippen LogP contribution is -2.20. The quantitative estimate of drug-likeness (QED) is 0.574. The standard InChI is InChI=1S/C13H21NO.C6H10/c1-2-6-13(15)9-10-14-11-12-7-4-3-5-8-12;1-2-4-6-5-3-1/h3-5,7-8,13-15H,2,6,9-11H2,1H3;1-2H,3-6H2. The molecule has 0 fully saturated rings. The summed E-state index contributed by atoms with van der Waals surface area (Å²) in [5, 5.41) is 12.8. The Morgan fingerprint density at radius 1 is 1.05 bits per heavy atom. The Kier molecular flexibility index (Phi) is 10.8. The minimum atomic E-state index is -0.140. The average Bonchev–Trinajstić information content (AvgIpc) is 2.55. The molecule has 0 saturated carbocycles. The predicted molar refractivity (Wildman–Crippen MR) is 91.3 cm³/mol. The van der Waals surface area contributed by atoms with E-state index >= 15 is 0 Å². The number of aliphatic hydroxyl groups excluding tert-OH is 1. The first-order valence-electron chi connectivity index (χ1n) is 8.40. The van der Waals surface area contributed by atoms with Crippen LogP contribution in [0.4, 0.5) is 0 Å². The van der Waals surface area contributed by atoms with Gasteiger partial charge in [-0.1, -0.05) is 55.8 Å². The van der Waals surface area contributed by atoms with E-state index in [-0.39, 0.29) is 6.10 Å². The zero-order valence-electron chi connectivity index (χ0n) is 13.4. The monoisotopic (exact) mass is 289 g/mol. The lowest BCUT2D eigenvalue weighted by molar-refractivity contribution is 0.153. The van der Waals surface area contributed by atoms with Gasteiger partial charge in [-0.15, -0.1) is 0 Å². The fourth-order valence-electron chi connectivity index (χ4n) is 2.33. The second kappa shape index (κ2) is 12.6. The second-order valence-electron chi connectivity index (χ2n) is 5.65. The van der Waals surface area contributed by atoms with Crippen LogP contribution in [0, 0.1) is 0 Å². The molecule has 2 heteroatoms. The van der Waals surface area contributed by atoms with Crippen molar-refractivity contribution in [3.63, 3.8) is 0 Å². The van der Waals surface area contributed by atoms with Crippen LogP contribution in [0.25, 0.3) is 0 Å². The van der Waals surface area contributed by atoms with E-state index in [0.29, 0.717) is 0 Å². The van der Waals surface area contributed by atoms with Gasteiger partial charge in [0.25, 0.3) is 0 Å². The van der Waals surface area contributed by atoms with Crippen LogP contribution in [-0.2, 0) is 6.54 Å². The summed E-state index contributed by atoms with van der Waals surface area (Å²) in [7, 11) is 0. The molecule has 0 bridgehead atoms. The molecule has 0 aliphatic heterocycles. The van der Waals surface area contributed by atoms with Crippen LogP contribution in [0.2, 0.25) is 0 Å². The second-order valence-corrected chi connectivity index (χ2v) is 5.65. The van der Waals surface area contributed by atoms with E-state index in [4.69, 9.17) is 0 Å². The van der Waals surface area contributed by atoms with Crippen LogP contribution in [0.1, 0.15) is 57.4 Å². The first kappa shape index (κ1) is 17.9. The molecule has 0 spiro atoms. The summed E-state index contributed by atoms with van der Waals surface area (Å²) in [6.07, 6.45) is 12.7. The summed E-state index contributed by atoms with van der Waals surface area (Å²) in [6.45, 7) is 3.87. The molecule has 1 atom stereocenters. The largest absolute Gasteiger partial charge is 0.393 e. The van der Waals surface area contributed by atoms with Gasteiger partial charge in [-0.25, -0.2) is 0 Å². The number of hydrogen-bond donors (Lipinski definition) is 2. The highest BCUT2D eigenvalue weighted by molar-refractivity contribution is 5.14. The van der Waals surface area contributed by atoms with Crippen LogP contribution in [0.15, 0.2) is 42.5 Å². The third-order valence-electron chi connectivity index (χ3n) is 3.61. The molecular formula is C19H31NO. The van der Waals surface area contributed by atoms with Crippen LogP contribution in [-0.4, -0.2) is 17.8 Å². The van der Waals surface area contributed by atoms with Crippen molar-refractivity contribution in [3.8, 4) is 0 Å². The molecule has 0 aromatic heterocycles. The highest BCUT2D eigenvalue weighted by atomic mass is 16.3. The minimum Gasteiger partial charge on any atom is -0.393 e. The zero-order valence-corrected chi connectivity index (χ0v) is 13.4. The van der Waals surface area contributed by atoms with E-state index in [9.17, 15) is 5.11 Å². The van der Waals surface area contributed by atoms with Gasteiger partial charge in [-0.05, 0) is 50.6 Å². The highest BCUT2D eigenvalue weighted by Crippen LogP contribution is 2.07. The maximum Gasteiger partial charge on any atom is 0.0552 e. The van der Waals surface area contributed by atoms with Gasteiger partial charge in [-0.2, -0.15) is 0 Å². The van der Waals surface area contributed by atoms with Crippen molar-refractivity contribution in [1.82, 2.24) is 5.32 Å². The Bertz CT molecular complexity index is 353. The lowest BCUT2D eigenvalue weighted by atomic mass is 10.1. The number of aliphatic hydroxyl groups is 1. The first-order chi connectivity index (χ1) is 10.3. The molecule has 1 aromatic rings. The Hall–Kier alpha value is -1.12. The van der Waals surface area contributed by atoms with Gasteiger partial charge in [0.2, 0.25) is 0 Å². The summed E-state index contributed by atoms with van der Waals surface area (Å²) in [6, 6.07) is 10.3. The summed E-state index contributed by atoms with van der Waals surface area (Å²) in [4.78, 5) is 0. The predicted octanol–water partition coefficient (Wildman–Crippen LogP) is 4.44. The van der Waals surface area contributed by atoms with Gasteiger partial charge < -0.3 is 10.4 Å². The average molecular weight is 289 g/mol. The van der Waals surface area contributed by atoms with E-state index < -0.39 is 0 Å². The van der Waals surface area contributed by atoms with E-state index in [0.717, 1.165) is 32.4 Å². The Labute approximate surface area is 130 Å². The van der Waals surface area contributed by atoms with Gasteiger partial charge in [0.05, 0.1) is 6.10 Å². The summed E-state index contributed by atoms with van der Waals surface area (Å²) < 4.78 is 0. The van der Waals surface area contributed by atoms with E-state index in [1.165, 1.54) is 31.2 Å². The number of hydrogen-bond acceptors (Lipinski definition) is 2. The number of allylic oxidation sites excluding steroid dienone is 2. The molecule has 2 N–H and O–H groups in total. The van der Waals surface area contributed by atoms with E-state index in [1.807, 2.05) is 18.2 Å². The molecule has 0 saturated heterocycles. The molecule has 0 radical (unpaired) electrons. The van der Waals surface area contributed by atoms with E-state index in [1.54, 1.807) is 0 Å². The molecule has 0 amide bonds. The summed E-state index contributed by atoms with van der Waals surface area (Å²) in [5.41, 5.74) is 1.29. The SMILES string of the molecule is C1=CCCCC1.CCCC(O)CCNCc1ccccc1. The summed E-state index contributed by atoms with van der Waals surface area (Å²) in [5.74, 6) is 0. The smallest absolute Gasteiger partial charge is 0.0552 e. The molecule has 2 rings (SSSR count). The molecule has 1 unspecified atom stereocenters. The Morgan fingerprint density at radius 2 is 1.71 bits per heavy atom. The maximum atomic E-state index is 9.51. The fourth-order valence-corrected chi connectivity index (χ4v) is 2.33. The van der Waals surface area contributed by atoms with Gasteiger partial charge in [0.15, 0.2) is 0 Å². The van der Waals surface area contributed by atoms with Crippen molar-refractivity contribution in [2.24, 2.45) is 0 Å². The number of rotatable bonds is 7. The van der Waals surface area contributed by atoms with Gasteiger partial charge >= 0.3 is 0 Å². The topological polar surface area (TPSA) is 32.3 Å². The molecule has 1 aliphatic rings. The first-order valence-corrected chi connectivity index (χ1v) is 8.40. The summed E-state index contributed by atoms with van der Waals surface area (Å²) >= 11 is 0. The molecule has 0 heterocycles. The van der Waals surface area contributed by atoms with Crippen LogP contribution in [0.3, 0.4) is 0 Å². The van der Waals surface area contributed by atoms with Crippen LogP contribution >= 0.6 is 0 Å². The third-order valence-corrected chi connectivity index (χ3v) is 3.61. The van der Waals surface area contributed by atoms with Crippen molar-refractivity contribution < 1.29 is 5.11 Å².